The van der Waals surface area contributed by atoms with Crippen LogP contribution in [-0.2, 0) is 30.2 Å². The molecule has 1 aliphatic rings. The van der Waals surface area contributed by atoms with Gasteiger partial charge in [0.1, 0.15) is 5.82 Å². The van der Waals surface area contributed by atoms with Gasteiger partial charge in [0.2, 0.25) is 0 Å². The predicted octanol–water partition coefficient (Wildman–Crippen LogP) is 2.06. The highest BCUT2D eigenvalue weighted by atomic mass is 32.2. The van der Waals surface area contributed by atoms with Crippen LogP contribution in [0.2, 0.25) is 0 Å². The summed E-state index contributed by atoms with van der Waals surface area (Å²) in [6, 6.07) is 0.391. The maximum absolute atomic E-state index is 11.3. The number of fused-ring (bicyclic) bond motifs is 1. The summed E-state index contributed by atoms with van der Waals surface area (Å²) in [5.41, 5.74) is 2.62. The third-order valence-electron chi connectivity index (χ3n) is 3.85. The molecule has 0 aliphatic carbocycles. The maximum atomic E-state index is 11.3. The van der Waals surface area contributed by atoms with Crippen molar-refractivity contribution in [3.05, 3.63) is 17.2 Å². The van der Waals surface area contributed by atoms with Gasteiger partial charge >= 0.3 is 0 Å². The third kappa shape index (κ3) is 3.70. The van der Waals surface area contributed by atoms with Crippen molar-refractivity contribution in [1.82, 2.24) is 14.9 Å². The number of hydrogen-bond donors (Lipinski definition) is 1. The van der Waals surface area contributed by atoms with E-state index in [1.165, 1.54) is 17.2 Å². The fraction of sp³-hybridized carbons (Fsp3) is 0.800. The van der Waals surface area contributed by atoms with Crippen molar-refractivity contribution >= 4 is 10.8 Å². The zero-order valence-corrected chi connectivity index (χ0v) is 13.9. The lowest BCUT2D eigenvalue weighted by Crippen LogP contribution is -2.26. The molecule has 4 nitrogen and oxygen atoms in total. The minimum atomic E-state index is -0.713. The molecule has 0 fully saturated rings. The Labute approximate surface area is 124 Å². The van der Waals surface area contributed by atoms with Gasteiger partial charge in [0, 0.05) is 60.5 Å². The molecular weight excluding hydrogens is 270 g/mol. The van der Waals surface area contributed by atoms with Gasteiger partial charge in [0.05, 0.1) is 5.69 Å². The normalized spacial score (nSPS) is 18.1. The van der Waals surface area contributed by atoms with E-state index in [1.54, 1.807) is 6.26 Å². The van der Waals surface area contributed by atoms with Crippen LogP contribution in [0, 0.1) is 5.92 Å². The zero-order valence-electron chi connectivity index (χ0n) is 13.1. The fourth-order valence-corrected chi connectivity index (χ4v) is 3.56. The van der Waals surface area contributed by atoms with E-state index in [0.717, 1.165) is 38.1 Å². The van der Waals surface area contributed by atoms with Crippen molar-refractivity contribution < 1.29 is 4.21 Å². The largest absolute Gasteiger partial charge is 0.329 e. The van der Waals surface area contributed by atoms with Gasteiger partial charge in [-0.15, -0.1) is 0 Å². The van der Waals surface area contributed by atoms with Crippen LogP contribution in [-0.4, -0.2) is 32.3 Å². The molecule has 114 valence electrons. The molecule has 0 radical (unpaired) electrons. The molecule has 1 aliphatic heterocycles. The average Bonchev–Trinajstić information content (AvgIpc) is 2.72. The van der Waals surface area contributed by atoms with Crippen molar-refractivity contribution in [3.8, 4) is 0 Å². The Morgan fingerprint density at radius 1 is 1.40 bits per heavy atom. The van der Waals surface area contributed by atoms with Gasteiger partial charge in [0.25, 0.3) is 0 Å². The first-order valence-corrected chi connectivity index (χ1v) is 9.31. The number of aromatic nitrogens is 2. The summed E-state index contributed by atoms with van der Waals surface area (Å²) in [5, 5.41) is 3.40. The molecule has 0 aromatic carbocycles. The first-order valence-electron chi connectivity index (χ1n) is 7.58. The van der Waals surface area contributed by atoms with Gasteiger partial charge in [-0.25, -0.2) is 4.98 Å². The molecule has 0 amide bonds. The van der Waals surface area contributed by atoms with Gasteiger partial charge in [-0.05, 0) is 19.3 Å². The van der Waals surface area contributed by atoms with Crippen LogP contribution in [0.3, 0.4) is 0 Å². The Morgan fingerprint density at radius 2 is 2.15 bits per heavy atom. The van der Waals surface area contributed by atoms with E-state index in [-0.39, 0.29) is 0 Å². The number of rotatable bonds is 6. The quantitative estimate of drug-likeness (QED) is 0.874. The number of hydrogen-bond acceptors (Lipinski definition) is 3. The Hall–Kier alpha value is -0.680. The van der Waals surface area contributed by atoms with Gasteiger partial charge in [-0.3, -0.25) is 4.21 Å². The van der Waals surface area contributed by atoms with E-state index < -0.39 is 10.8 Å². The number of nitrogens with one attached hydrogen (secondary N) is 1. The lowest BCUT2D eigenvalue weighted by molar-refractivity contribution is 0.468. The fourth-order valence-electron chi connectivity index (χ4n) is 2.88. The second-order valence-electron chi connectivity index (χ2n) is 6.23. The van der Waals surface area contributed by atoms with Crippen molar-refractivity contribution in [2.75, 3.05) is 18.6 Å². The molecule has 0 saturated carbocycles. The Morgan fingerprint density at radius 3 is 2.80 bits per heavy atom. The summed E-state index contributed by atoms with van der Waals surface area (Å²) in [6.07, 6.45) is 4.83. The molecule has 2 unspecified atom stereocenters. The predicted molar refractivity (Wildman–Crippen MR) is 84.4 cm³/mol. The van der Waals surface area contributed by atoms with Crippen LogP contribution >= 0.6 is 0 Å². The lowest BCUT2D eigenvalue weighted by Gasteiger charge is -2.22. The standard InChI is InChI=1S/C15H27N3OS/c1-11(2)9-15-17-13-10-16-7-5-14(13)18(15)12(3)6-8-20(4)19/h11-12,16H,5-10H2,1-4H3. The highest BCUT2D eigenvalue weighted by Crippen LogP contribution is 2.24. The molecule has 5 heteroatoms. The molecule has 2 rings (SSSR count). The molecule has 0 bridgehead atoms. The smallest absolute Gasteiger partial charge is 0.109 e. The Bertz CT molecular complexity index is 482. The Balaban J connectivity index is 2.27. The molecule has 0 saturated heterocycles. The van der Waals surface area contributed by atoms with E-state index in [4.69, 9.17) is 4.98 Å². The van der Waals surface area contributed by atoms with Gasteiger partial charge in [-0.1, -0.05) is 13.8 Å². The highest BCUT2D eigenvalue weighted by Gasteiger charge is 2.23. The van der Waals surface area contributed by atoms with E-state index in [9.17, 15) is 4.21 Å². The minimum absolute atomic E-state index is 0.391. The van der Waals surface area contributed by atoms with Crippen LogP contribution in [0.5, 0.6) is 0 Å². The molecule has 1 aromatic heterocycles. The molecule has 1 N–H and O–H groups in total. The molecule has 20 heavy (non-hydrogen) atoms. The lowest BCUT2D eigenvalue weighted by atomic mass is 10.1. The van der Waals surface area contributed by atoms with Gasteiger partial charge in [0.15, 0.2) is 0 Å². The second-order valence-corrected chi connectivity index (χ2v) is 7.79. The highest BCUT2D eigenvalue weighted by molar-refractivity contribution is 7.84. The first-order chi connectivity index (χ1) is 9.49. The third-order valence-corrected chi connectivity index (χ3v) is 4.66. The summed E-state index contributed by atoms with van der Waals surface area (Å²) >= 11 is 0. The van der Waals surface area contributed by atoms with Crippen LogP contribution in [0.25, 0.3) is 0 Å². The minimum Gasteiger partial charge on any atom is -0.329 e. The van der Waals surface area contributed by atoms with E-state index in [2.05, 4.69) is 30.7 Å². The summed E-state index contributed by atoms with van der Waals surface area (Å²) < 4.78 is 13.8. The van der Waals surface area contributed by atoms with Crippen LogP contribution in [0.1, 0.15) is 50.4 Å². The zero-order chi connectivity index (χ0) is 14.7. The van der Waals surface area contributed by atoms with Gasteiger partial charge < -0.3 is 9.88 Å². The Kier molecular flexibility index (Phi) is 5.38. The van der Waals surface area contributed by atoms with E-state index >= 15 is 0 Å². The maximum Gasteiger partial charge on any atom is 0.109 e. The van der Waals surface area contributed by atoms with Crippen molar-refractivity contribution in [3.63, 3.8) is 0 Å². The first kappa shape index (κ1) is 15.7. The summed E-state index contributed by atoms with van der Waals surface area (Å²) in [4.78, 5) is 4.86. The molecular formula is C15H27N3OS. The summed E-state index contributed by atoms with van der Waals surface area (Å²) in [5.74, 6) is 2.59. The molecule has 1 aromatic rings. The van der Waals surface area contributed by atoms with Crippen molar-refractivity contribution in [2.45, 2.75) is 52.6 Å². The number of imidazole rings is 1. The summed E-state index contributed by atoms with van der Waals surface area (Å²) in [6.45, 7) is 8.64. The van der Waals surface area contributed by atoms with Crippen LogP contribution in [0.4, 0.5) is 0 Å². The summed E-state index contributed by atoms with van der Waals surface area (Å²) in [7, 11) is -0.713. The van der Waals surface area contributed by atoms with E-state index in [0.29, 0.717) is 12.0 Å². The molecule has 2 heterocycles. The molecule has 0 spiro atoms. The van der Waals surface area contributed by atoms with Gasteiger partial charge in [-0.2, -0.15) is 0 Å². The van der Waals surface area contributed by atoms with Crippen molar-refractivity contribution in [2.24, 2.45) is 5.92 Å². The monoisotopic (exact) mass is 297 g/mol. The topological polar surface area (TPSA) is 46.9 Å². The van der Waals surface area contributed by atoms with Crippen molar-refractivity contribution in [1.29, 1.82) is 0 Å². The van der Waals surface area contributed by atoms with Crippen LogP contribution < -0.4 is 5.32 Å². The number of nitrogens with zero attached hydrogens (tertiary/aromatic N) is 2. The second kappa shape index (κ2) is 6.85. The van der Waals surface area contributed by atoms with E-state index in [1.807, 2.05) is 0 Å². The average molecular weight is 297 g/mol. The molecule has 2 atom stereocenters. The van der Waals surface area contributed by atoms with Crippen LogP contribution in [0.15, 0.2) is 0 Å². The SMILES string of the molecule is CC(C)Cc1nc2c(n1C(C)CCS(C)=O)CCNC2.